The maximum absolute atomic E-state index is 13.0. The maximum Gasteiger partial charge on any atom is 0.329 e. The number of nitrogens with one attached hydrogen (secondary N) is 3. The Kier molecular flexibility index (Phi) is 9.23. The lowest BCUT2D eigenvalue weighted by Gasteiger charge is -2.27. The molecular formula is C24H35N3O5. The fourth-order valence-corrected chi connectivity index (χ4v) is 3.46. The molecule has 1 aliphatic rings. The van der Waals surface area contributed by atoms with E-state index in [-0.39, 0.29) is 30.6 Å². The lowest BCUT2D eigenvalue weighted by Crippen LogP contribution is -2.55. The highest BCUT2D eigenvalue weighted by Gasteiger charge is 2.34. The van der Waals surface area contributed by atoms with E-state index in [1.165, 1.54) is 0 Å². The van der Waals surface area contributed by atoms with Gasteiger partial charge in [0.25, 0.3) is 0 Å². The van der Waals surface area contributed by atoms with Crippen LogP contribution in [0.15, 0.2) is 30.3 Å². The molecule has 1 aliphatic heterocycles. The molecule has 1 aromatic rings. The van der Waals surface area contributed by atoms with Gasteiger partial charge in [-0.1, -0.05) is 64.4 Å². The molecule has 32 heavy (non-hydrogen) atoms. The summed E-state index contributed by atoms with van der Waals surface area (Å²) in [7, 11) is 0. The molecule has 1 fully saturated rings. The van der Waals surface area contributed by atoms with Crippen LogP contribution in [-0.2, 0) is 30.3 Å². The van der Waals surface area contributed by atoms with E-state index >= 15 is 0 Å². The van der Waals surface area contributed by atoms with Crippen LogP contribution in [0.25, 0.3) is 0 Å². The van der Waals surface area contributed by atoms with Gasteiger partial charge in [-0.15, -0.1) is 0 Å². The summed E-state index contributed by atoms with van der Waals surface area (Å²) in [6.07, 6.45) is 0.171. The van der Waals surface area contributed by atoms with Crippen LogP contribution >= 0.6 is 0 Å². The van der Waals surface area contributed by atoms with Crippen molar-refractivity contribution in [3.05, 3.63) is 35.9 Å². The van der Waals surface area contributed by atoms with E-state index in [1.807, 2.05) is 58.0 Å². The Morgan fingerprint density at radius 2 is 1.62 bits per heavy atom. The third-order valence-electron chi connectivity index (χ3n) is 5.85. The SMILES string of the molecule is CC[C@H](C)[C@H]1NC(=O)[C@@H](C)NC(=O)[C@@H](Cc2ccccc2)NC(=O)C[C@@H](C(C)C)OC1=O. The van der Waals surface area contributed by atoms with Gasteiger partial charge in [0.15, 0.2) is 0 Å². The lowest BCUT2D eigenvalue weighted by molar-refractivity contribution is -0.158. The van der Waals surface area contributed by atoms with Gasteiger partial charge in [0, 0.05) is 6.42 Å². The predicted molar refractivity (Wildman–Crippen MR) is 120 cm³/mol. The average Bonchev–Trinajstić information content (AvgIpc) is 2.75. The zero-order chi connectivity index (χ0) is 23.8. The monoisotopic (exact) mass is 445 g/mol. The summed E-state index contributed by atoms with van der Waals surface area (Å²) in [4.78, 5) is 51.4. The maximum atomic E-state index is 13.0. The van der Waals surface area contributed by atoms with E-state index in [0.29, 0.717) is 6.42 Å². The molecule has 3 N–H and O–H groups in total. The number of hydrogen-bond acceptors (Lipinski definition) is 5. The summed E-state index contributed by atoms with van der Waals surface area (Å²) >= 11 is 0. The number of rotatable bonds is 5. The van der Waals surface area contributed by atoms with Crippen molar-refractivity contribution in [1.82, 2.24) is 16.0 Å². The Hall–Kier alpha value is -2.90. The van der Waals surface area contributed by atoms with Gasteiger partial charge in [0.1, 0.15) is 24.2 Å². The summed E-state index contributed by atoms with van der Waals surface area (Å²) in [6.45, 7) is 9.02. The molecule has 0 saturated carbocycles. The van der Waals surface area contributed by atoms with E-state index in [0.717, 1.165) is 5.56 Å². The first-order valence-corrected chi connectivity index (χ1v) is 11.3. The summed E-state index contributed by atoms with van der Waals surface area (Å²) in [5, 5.41) is 8.15. The van der Waals surface area contributed by atoms with Crippen molar-refractivity contribution in [3.8, 4) is 0 Å². The van der Waals surface area contributed by atoms with Gasteiger partial charge in [-0.25, -0.2) is 4.79 Å². The number of ether oxygens (including phenoxy) is 1. The molecule has 2 rings (SSSR count). The largest absolute Gasteiger partial charge is 0.460 e. The molecule has 0 unspecified atom stereocenters. The van der Waals surface area contributed by atoms with Crippen molar-refractivity contribution in [1.29, 1.82) is 0 Å². The molecule has 3 amide bonds. The van der Waals surface area contributed by atoms with Crippen LogP contribution in [0.4, 0.5) is 0 Å². The lowest BCUT2D eigenvalue weighted by atomic mass is 9.98. The third kappa shape index (κ3) is 7.07. The molecule has 1 aromatic carbocycles. The van der Waals surface area contributed by atoms with Gasteiger partial charge in [-0.2, -0.15) is 0 Å². The van der Waals surface area contributed by atoms with Crippen LogP contribution in [0.5, 0.6) is 0 Å². The van der Waals surface area contributed by atoms with Gasteiger partial charge in [0.05, 0.1) is 6.42 Å². The Morgan fingerprint density at radius 3 is 2.22 bits per heavy atom. The third-order valence-corrected chi connectivity index (χ3v) is 5.85. The highest BCUT2D eigenvalue weighted by molar-refractivity contribution is 5.94. The fourth-order valence-electron chi connectivity index (χ4n) is 3.46. The van der Waals surface area contributed by atoms with E-state index in [9.17, 15) is 19.2 Å². The van der Waals surface area contributed by atoms with E-state index in [4.69, 9.17) is 4.74 Å². The normalized spacial score (nSPS) is 26.6. The Bertz CT molecular complexity index is 811. The predicted octanol–water partition coefficient (Wildman–Crippen LogP) is 1.72. The summed E-state index contributed by atoms with van der Waals surface area (Å²) in [6, 6.07) is 6.69. The number of esters is 1. The number of cyclic esters (lactones) is 1. The quantitative estimate of drug-likeness (QED) is 0.597. The number of benzene rings is 1. The Morgan fingerprint density at radius 1 is 0.969 bits per heavy atom. The van der Waals surface area contributed by atoms with Crippen molar-refractivity contribution >= 4 is 23.7 Å². The molecule has 0 aliphatic carbocycles. The molecule has 0 spiro atoms. The van der Waals surface area contributed by atoms with E-state index < -0.39 is 42.0 Å². The zero-order valence-corrected chi connectivity index (χ0v) is 19.5. The second-order valence-corrected chi connectivity index (χ2v) is 8.84. The Balaban J connectivity index is 2.34. The van der Waals surface area contributed by atoms with Gasteiger partial charge in [-0.05, 0) is 24.3 Å². The molecule has 8 heteroatoms. The van der Waals surface area contributed by atoms with Gasteiger partial charge in [0.2, 0.25) is 17.7 Å². The zero-order valence-electron chi connectivity index (χ0n) is 19.5. The molecule has 0 aromatic heterocycles. The van der Waals surface area contributed by atoms with Gasteiger partial charge < -0.3 is 20.7 Å². The second-order valence-electron chi connectivity index (χ2n) is 8.84. The van der Waals surface area contributed by atoms with Crippen molar-refractivity contribution in [2.24, 2.45) is 11.8 Å². The minimum atomic E-state index is -0.890. The topological polar surface area (TPSA) is 114 Å². The fraction of sp³-hybridized carbons (Fsp3) is 0.583. The molecular weight excluding hydrogens is 410 g/mol. The summed E-state index contributed by atoms with van der Waals surface area (Å²) in [5.74, 6) is -2.20. The molecule has 0 radical (unpaired) electrons. The first-order chi connectivity index (χ1) is 15.1. The number of hydrogen-bond donors (Lipinski definition) is 3. The summed E-state index contributed by atoms with van der Waals surface area (Å²) < 4.78 is 5.68. The highest BCUT2D eigenvalue weighted by Crippen LogP contribution is 2.17. The number of carbonyl (C=O) groups excluding carboxylic acids is 4. The van der Waals surface area contributed by atoms with Crippen LogP contribution in [0, 0.1) is 11.8 Å². The number of amides is 3. The smallest absolute Gasteiger partial charge is 0.329 e. The molecule has 1 heterocycles. The first kappa shape index (κ1) is 25.4. The molecule has 1 saturated heterocycles. The van der Waals surface area contributed by atoms with E-state index in [1.54, 1.807) is 6.92 Å². The second kappa shape index (κ2) is 11.6. The van der Waals surface area contributed by atoms with Crippen LogP contribution in [0.3, 0.4) is 0 Å². The van der Waals surface area contributed by atoms with Crippen molar-refractivity contribution < 1.29 is 23.9 Å². The van der Waals surface area contributed by atoms with Crippen molar-refractivity contribution in [2.45, 2.75) is 78.1 Å². The highest BCUT2D eigenvalue weighted by atomic mass is 16.5. The molecule has 5 atom stereocenters. The van der Waals surface area contributed by atoms with Gasteiger partial charge >= 0.3 is 5.97 Å². The first-order valence-electron chi connectivity index (χ1n) is 11.3. The Labute approximate surface area is 189 Å². The van der Waals surface area contributed by atoms with Crippen LogP contribution in [-0.4, -0.2) is 47.9 Å². The van der Waals surface area contributed by atoms with Crippen molar-refractivity contribution in [2.75, 3.05) is 0 Å². The van der Waals surface area contributed by atoms with Gasteiger partial charge in [-0.3, -0.25) is 14.4 Å². The molecule has 8 nitrogen and oxygen atoms in total. The van der Waals surface area contributed by atoms with E-state index in [2.05, 4.69) is 16.0 Å². The number of carbonyl (C=O) groups is 4. The van der Waals surface area contributed by atoms with Crippen LogP contribution in [0.2, 0.25) is 0 Å². The minimum absolute atomic E-state index is 0.0707. The van der Waals surface area contributed by atoms with Crippen LogP contribution < -0.4 is 16.0 Å². The standard InChI is InChI=1S/C24H35N3O5/c1-6-15(4)21-24(31)32-19(14(2)3)13-20(28)26-18(12-17-10-8-7-9-11-17)23(30)25-16(5)22(29)27-21/h7-11,14-16,18-19,21H,6,12-13H2,1-5H3,(H,25,30)(H,26,28)(H,27,29)/t15-,16+,18+,19-,21+/m0/s1. The molecule has 176 valence electrons. The summed E-state index contributed by atoms with van der Waals surface area (Å²) in [5.41, 5.74) is 0.873. The van der Waals surface area contributed by atoms with Crippen molar-refractivity contribution in [3.63, 3.8) is 0 Å². The van der Waals surface area contributed by atoms with Crippen LogP contribution in [0.1, 0.15) is 53.0 Å². The molecule has 0 bridgehead atoms. The average molecular weight is 446 g/mol. The minimum Gasteiger partial charge on any atom is -0.460 e.